The van der Waals surface area contributed by atoms with Crippen LogP contribution >= 0.6 is 0 Å². The van der Waals surface area contributed by atoms with Gasteiger partial charge in [0.25, 0.3) is 0 Å². The number of aryl methyl sites for hydroxylation is 2. The van der Waals surface area contributed by atoms with E-state index in [1.807, 2.05) is 39.8 Å². The highest BCUT2D eigenvalue weighted by atomic mass is 19.1. The molecule has 1 heterocycles. The van der Waals surface area contributed by atoms with Crippen LogP contribution in [0.25, 0.3) is 0 Å². The fourth-order valence-corrected chi connectivity index (χ4v) is 4.61. The van der Waals surface area contributed by atoms with Gasteiger partial charge in [0.05, 0.1) is 6.10 Å². The smallest absolute Gasteiger partial charge is 0.407 e. The van der Waals surface area contributed by atoms with Crippen LogP contribution in [0.3, 0.4) is 0 Å². The highest BCUT2D eigenvalue weighted by Crippen LogP contribution is 2.38. The highest BCUT2D eigenvalue weighted by molar-refractivity contribution is 5.68. The number of carbonyl (C=O) groups is 1. The van der Waals surface area contributed by atoms with Crippen molar-refractivity contribution in [3.05, 3.63) is 58.9 Å². The third kappa shape index (κ3) is 6.18. The topological polar surface area (TPSA) is 56.8 Å². The van der Waals surface area contributed by atoms with Crippen molar-refractivity contribution >= 4 is 6.09 Å². The molecule has 1 fully saturated rings. The molecule has 2 aromatic rings. The number of fused-ring (bicyclic) bond motifs is 1. The van der Waals surface area contributed by atoms with E-state index in [-0.39, 0.29) is 30.2 Å². The molecule has 6 heteroatoms. The Kier molecular flexibility index (Phi) is 6.82. The number of rotatable bonds is 4. The van der Waals surface area contributed by atoms with Gasteiger partial charge in [-0.1, -0.05) is 6.07 Å². The van der Waals surface area contributed by atoms with Crippen LogP contribution in [0.1, 0.15) is 75.7 Å². The molecule has 1 aliphatic carbocycles. The van der Waals surface area contributed by atoms with Crippen LogP contribution in [0.5, 0.6) is 11.5 Å². The van der Waals surface area contributed by atoms with E-state index in [9.17, 15) is 9.18 Å². The number of carbonyl (C=O) groups excluding carboxylic acids is 1. The molecule has 1 amide bonds. The standard InChI is InChI=1S/C27H34FNO4/c1-17-5-7-19(28)16-23(17)25-13-6-18-15-22(12-14-24(18)32-25)31-21-10-8-20(9-11-21)29-26(30)33-27(2,3)4/h5,7,12,14-16,20-21,25H,6,8-11,13H2,1-4H3,(H,29,30). The SMILES string of the molecule is Cc1ccc(F)cc1C1CCc2cc(OC3CCC(NC(=O)OC(C)(C)C)CC3)ccc2O1. The van der Waals surface area contributed by atoms with E-state index in [4.69, 9.17) is 14.2 Å². The van der Waals surface area contributed by atoms with Crippen LogP contribution in [-0.4, -0.2) is 23.8 Å². The average molecular weight is 456 g/mol. The van der Waals surface area contributed by atoms with Crippen molar-refractivity contribution < 1.29 is 23.4 Å². The van der Waals surface area contributed by atoms with Gasteiger partial charge < -0.3 is 19.5 Å². The van der Waals surface area contributed by atoms with Crippen molar-refractivity contribution in [2.45, 2.75) is 90.1 Å². The van der Waals surface area contributed by atoms with E-state index >= 15 is 0 Å². The molecule has 2 aliphatic rings. The number of alkyl carbamates (subject to hydrolysis) is 1. The molecule has 1 unspecified atom stereocenters. The lowest BCUT2D eigenvalue weighted by molar-refractivity contribution is 0.0471. The Hall–Kier alpha value is -2.76. The molecule has 0 radical (unpaired) electrons. The normalized spacial score (nSPS) is 22.6. The van der Waals surface area contributed by atoms with E-state index < -0.39 is 5.60 Å². The molecule has 1 saturated carbocycles. The first-order chi connectivity index (χ1) is 15.7. The maximum absolute atomic E-state index is 13.7. The van der Waals surface area contributed by atoms with Gasteiger partial charge in [0, 0.05) is 6.04 Å². The predicted molar refractivity (Wildman–Crippen MR) is 125 cm³/mol. The molecule has 4 rings (SSSR count). The van der Waals surface area contributed by atoms with Crippen molar-refractivity contribution in [1.82, 2.24) is 5.32 Å². The number of hydrogen-bond donors (Lipinski definition) is 1. The molecular formula is C27H34FNO4. The monoisotopic (exact) mass is 455 g/mol. The molecule has 1 atom stereocenters. The summed E-state index contributed by atoms with van der Waals surface area (Å²) in [5.74, 6) is 1.46. The zero-order valence-electron chi connectivity index (χ0n) is 19.9. The second-order valence-electron chi connectivity index (χ2n) is 10.2. The molecule has 33 heavy (non-hydrogen) atoms. The predicted octanol–water partition coefficient (Wildman–Crippen LogP) is 6.42. The molecule has 1 aliphatic heterocycles. The van der Waals surface area contributed by atoms with E-state index in [1.54, 1.807) is 12.1 Å². The van der Waals surface area contributed by atoms with Crippen molar-refractivity contribution in [1.29, 1.82) is 0 Å². The third-order valence-corrected chi connectivity index (χ3v) is 6.26. The largest absolute Gasteiger partial charge is 0.490 e. The maximum Gasteiger partial charge on any atom is 0.407 e. The Morgan fingerprint density at radius 1 is 1.06 bits per heavy atom. The second kappa shape index (κ2) is 9.62. The van der Waals surface area contributed by atoms with Crippen molar-refractivity contribution in [3.8, 4) is 11.5 Å². The summed E-state index contributed by atoms with van der Waals surface area (Å²) >= 11 is 0. The molecule has 178 valence electrons. The van der Waals surface area contributed by atoms with Crippen LogP contribution in [0.4, 0.5) is 9.18 Å². The maximum atomic E-state index is 13.7. The first-order valence-electron chi connectivity index (χ1n) is 11.9. The summed E-state index contributed by atoms with van der Waals surface area (Å²) in [5, 5.41) is 2.97. The average Bonchev–Trinajstić information content (AvgIpc) is 2.75. The molecule has 0 spiro atoms. The van der Waals surface area contributed by atoms with Gasteiger partial charge in [-0.2, -0.15) is 0 Å². The number of ether oxygens (including phenoxy) is 3. The molecule has 0 aromatic heterocycles. The Bertz CT molecular complexity index is 992. The van der Waals surface area contributed by atoms with Gasteiger partial charge in [-0.15, -0.1) is 0 Å². The summed E-state index contributed by atoms with van der Waals surface area (Å²) in [6.07, 6.45) is 4.82. The van der Waals surface area contributed by atoms with Crippen LogP contribution in [0, 0.1) is 12.7 Å². The van der Waals surface area contributed by atoms with Crippen molar-refractivity contribution in [2.75, 3.05) is 0 Å². The molecule has 0 bridgehead atoms. The van der Waals surface area contributed by atoms with Gasteiger partial charge in [0.2, 0.25) is 0 Å². The summed E-state index contributed by atoms with van der Waals surface area (Å²) in [4.78, 5) is 12.0. The van der Waals surface area contributed by atoms with Crippen LogP contribution in [0.2, 0.25) is 0 Å². The van der Waals surface area contributed by atoms with Gasteiger partial charge in [0.1, 0.15) is 29.0 Å². The van der Waals surface area contributed by atoms with Crippen molar-refractivity contribution in [2.24, 2.45) is 0 Å². The summed E-state index contributed by atoms with van der Waals surface area (Å²) in [7, 11) is 0. The Morgan fingerprint density at radius 3 is 2.55 bits per heavy atom. The molecule has 5 nitrogen and oxygen atoms in total. The van der Waals surface area contributed by atoms with Gasteiger partial charge in [-0.25, -0.2) is 9.18 Å². The quantitative estimate of drug-likeness (QED) is 0.578. The fraction of sp³-hybridized carbons (Fsp3) is 0.519. The number of hydrogen-bond acceptors (Lipinski definition) is 4. The lowest BCUT2D eigenvalue weighted by Gasteiger charge is -2.31. The minimum atomic E-state index is -0.489. The fourth-order valence-electron chi connectivity index (χ4n) is 4.61. The van der Waals surface area contributed by atoms with E-state index in [2.05, 4.69) is 11.4 Å². The number of halogens is 1. The number of benzene rings is 2. The zero-order chi connectivity index (χ0) is 23.6. The van der Waals surface area contributed by atoms with Crippen LogP contribution in [0.15, 0.2) is 36.4 Å². The third-order valence-electron chi connectivity index (χ3n) is 6.26. The van der Waals surface area contributed by atoms with E-state index in [0.29, 0.717) is 0 Å². The lowest BCUT2D eigenvalue weighted by atomic mass is 9.93. The first kappa shape index (κ1) is 23.4. The van der Waals surface area contributed by atoms with E-state index in [1.165, 1.54) is 6.07 Å². The minimum Gasteiger partial charge on any atom is -0.490 e. The summed E-state index contributed by atoms with van der Waals surface area (Å²) in [6.45, 7) is 7.58. The molecule has 2 aromatic carbocycles. The summed E-state index contributed by atoms with van der Waals surface area (Å²) in [6, 6.07) is 11.0. The van der Waals surface area contributed by atoms with Crippen LogP contribution in [-0.2, 0) is 11.2 Å². The van der Waals surface area contributed by atoms with Gasteiger partial charge in [-0.05, 0) is 113 Å². The molecule has 1 N–H and O–H groups in total. The Morgan fingerprint density at radius 2 is 1.82 bits per heavy atom. The Balaban J connectivity index is 1.30. The zero-order valence-corrected chi connectivity index (χ0v) is 19.9. The Labute approximate surface area is 195 Å². The van der Waals surface area contributed by atoms with Gasteiger partial charge >= 0.3 is 6.09 Å². The summed E-state index contributed by atoms with van der Waals surface area (Å²) in [5.41, 5.74) is 2.59. The number of nitrogens with one attached hydrogen (secondary N) is 1. The second-order valence-corrected chi connectivity index (χ2v) is 10.2. The molecule has 0 saturated heterocycles. The lowest BCUT2D eigenvalue weighted by Crippen LogP contribution is -2.42. The van der Waals surface area contributed by atoms with Crippen LogP contribution < -0.4 is 14.8 Å². The van der Waals surface area contributed by atoms with Gasteiger partial charge in [0.15, 0.2) is 0 Å². The summed E-state index contributed by atoms with van der Waals surface area (Å²) < 4.78 is 31.5. The van der Waals surface area contributed by atoms with E-state index in [0.717, 1.165) is 66.7 Å². The first-order valence-corrected chi connectivity index (χ1v) is 11.9. The number of amides is 1. The minimum absolute atomic E-state index is 0.125. The van der Waals surface area contributed by atoms with Crippen molar-refractivity contribution in [3.63, 3.8) is 0 Å². The highest BCUT2D eigenvalue weighted by Gasteiger charge is 2.27. The molecular weight excluding hydrogens is 421 g/mol. The van der Waals surface area contributed by atoms with Gasteiger partial charge in [-0.3, -0.25) is 0 Å².